The van der Waals surface area contributed by atoms with Gasteiger partial charge in [0, 0.05) is 22.5 Å². The van der Waals surface area contributed by atoms with Gasteiger partial charge >= 0.3 is 12.0 Å². The summed E-state index contributed by atoms with van der Waals surface area (Å²) in [5.74, 6) is -3.45. The summed E-state index contributed by atoms with van der Waals surface area (Å²) in [7, 11) is 1.43. The second-order valence-corrected chi connectivity index (χ2v) is 9.40. The van der Waals surface area contributed by atoms with E-state index >= 15 is 0 Å². The second-order valence-electron chi connectivity index (χ2n) is 9.40. The molecule has 2 rings (SSSR count). The molecule has 0 bridgehead atoms. The number of carboxylic acid groups (broad SMARTS) is 1. The van der Waals surface area contributed by atoms with Crippen LogP contribution in [0, 0.1) is 19.8 Å². The Hall–Kier alpha value is -4.35. The minimum atomic E-state index is -1.41. The van der Waals surface area contributed by atoms with Gasteiger partial charge in [-0.3, -0.25) is 24.0 Å². The van der Waals surface area contributed by atoms with Gasteiger partial charge in [0.05, 0.1) is 20.0 Å². The summed E-state index contributed by atoms with van der Waals surface area (Å²) in [5.41, 5.74) is 2.11. The fourth-order valence-electron chi connectivity index (χ4n) is 3.74. The molecule has 0 aliphatic heterocycles. The zero-order chi connectivity index (χ0) is 29.3. The van der Waals surface area contributed by atoms with Crippen LogP contribution in [0.1, 0.15) is 54.5 Å². The number of ketones is 2. The van der Waals surface area contributed by atoms with E-state index in [9.17, 15) is 29.1 Å². The number of hydrogen-bond acceptors (Lipinski definition) is 9. The molecule has 0 saturated heterocycles. The third-order valence-electron chi connectivity index (χ3n) is 5.69. The normalized spacial score (nSPS) is 12.3. The molecule has 2 aromatic rings. The van der Waals surface area contributed by atoms with Crippen molar-refractivity contribution >= 4 is 29.4 Å². The van der Waals surface area contributed by atoms with Crippen LogP contribution in [0.4, 0.5) is 0 Å². The number of carbonyl (C=O) groups is 5. The number of aliphatic carboxylic acids is 1. The highest BCUT2D eigenvalue weighted by molar-refractivity contribution is 5.96. The van der Waals surface area contributed by atoms with Crippen molar-refractivity contribution in [2.75, 3.05) is 13.7 Å². The fourth-order valence-corrected chi connectivity index (χ4v) is 3.74. The summed E-state index contributed by atoms with van der Waals surface area (Å²) in [6.45, 7) is 7.68. The molecule has 39 heavy (non-hydrogen) atoms. The van der Waals surface area contributed by atoms with Gasteiger partial charge in [-0.2, -0.15) is 0 Å². The Morgan fingerprint density at radius 1 is 1.00 bits per heavy atom. The van der Waals surface area contributed by atoms with Crippen LogP contribution in [-0.2, 0) is 25.6 Å². The van der Waals surface area contributed by atoms with Crippen molar-refractivity contribution in [1.82, 2.24) is 20.6 Å². The van der Waals surface area contributed by atoms with Crippen LogP contribution < -0.4 is 20.1 Å². The Bertz CT molecular complexity index is 1220. The van der Waals surface area contributed by atoms with E-state index in [1.165, 1.54) is 14.0 Å². The number of rotatable bonds is 14. The highest BCUT2D eigenvalue weighted by Gasteiger charge is 2.30. The molecule has 0 spiro atoms. The highest BCUT2D eigenvalue weighted by atomic mass is 16.5. The average molecular weight is 543 g/mol. The number of carboxylic acids is 1. The number of amides is 2. The smallest absolute Gasteiger partial charge is 0.317 e. The molecule has 1 heterocycles. The van der Waals surface area contributed by atoms with Gasteiger partial charge in [-0.25, -0.2) is 9.97 Å². The molecule has 1 aromatic heterocycles. The highest BCUT2D eigenvalue weighted by Crippen LogP contribution is 2.21. The largest absolute Gasteiger partial charge is 0.496 e. The number of ether oxygens (including phenoxy) is 2. The third-order valence-corrected chi connectivity index (χ3v) is 5.69. The van der Waals surface area contributed by atoms with Crippen molar-refractivity contribution in [3.05, 3.63) is 46.8 Å². The maximum Gasteiger partial charge on any atom is 0.317 e. The van der Waals surface area contributed by atoms with Gasteiger partial charge in [-0.05, 0) is 51.0 Å². The van der Waals surface area contributed by atoms with E-state index in [-0.39, 0.29) is 18.2 Å². The van der Waals surface area contributed by atoms with Crippen molar-refractivity contribution in [2.45, 2.75) is 59.5 Å². The lowest BCUT2D eigenvalue weighted by molar-refractivity contribution is -0.141. The molecule has 1 aromatic carbocycles. The van der Waals surface area contributed by atoms with E-state index in [2.05, 4.69) is 20.6 Å². The Kier molecular flexibility index (Phi) is 11.1. The number of Topliss-reactive ketones (excluding diaryl/α,β-unsaturated/α-hetero) is 2. The molecule has 0 aliphatic rings. The SMILES string of the molecule is COc1ccc(C(C)=O)cc1CC(=O)N[C@H](C(=O)NC(CC(=O)O)C(=O)COc1nc(C)cc(C)n1)C(C)C. The van der Waals surface area contributed by atoms with Crippen molar-refractivity contribution in [2.24, 2.45) is 5.92 Å². The predicted octanol–water partition coefficient (Wildman–Crippen LogP) is 1.60. The van der Waals surface area contributed by atoms with E-state index in [4.69, 9.17) is 9.47 Å². The average Bonchev–Trinajstić information content (AvgIpc) is 2.84. The van der Waals surface area contributed by atoms with Crippen LogP contribution in [0.25, 0.3) is 0 Å². The predicted molar refractivity (Wildman–Crippen MR) is 140 cm³/mol. The van der Waals surface area contributed by atoms with Crippen LogP contribution in [-0.4, -0.2) is 70.2 Å². The van der Waals surface area contributed by atoms with Crippen molar-refractivity contribution in [1.29, 1.82) is 0 Å². The number of aryl methyl sites for hydroxylation is 2. The van der Waals surface area contributed by atoms with E-state index in [0.717, 1.165) is 0 Å². The number of hydrogen-bond donors (Lipinski definition) is 3. The summed E-state index contributed by atoms with van der Waals surface area (Å²) in [5, 5.41) is 14.4. The lowest BCUT2D eigenvalue weighted by Crippen LogP contribution is -2.54. The molecule has 12 nitrogen and oxygen atoms in total. The van der Waals surface area contributed by atoms with Crippen LogP contribution in [0.3, 0.4) is 0 Å². The van der Waals surface area contributed by atoms with Gasteiger partial charge in [0.25, 0.3) is 0 Å². The molecule has 0 saturated carbocycles. The first kappa shape index (κ1) is 30.9. The fraction of sp³-hybridized carbons (Fsp3) is 0.444. The molecule has 3 N–H and O–H groups in total. The van der Waals surface area contributed by atoms with E-state index < -0.39 is 54.6 Å². The molecular weight excluding hydrogens is 508 g/mol. The third kappa shape index (κ3) is 9.47. The standard InChI is InChI=1S/C27H34N4O8/c1-14(2)25(31-23(34)11-19-10-18(17(5)32)7-8-22(19)38-6)26(37)30-20(12-24(35)36)21(33)13-39-27-28-15(3)9-16(4)29-27/h7-10,14,20,25H,11-13H2,1-6H3,(H,30,37)(H,31,34)(H,35,36)/t20?,25-/m0/s1. The monoisotopic (exact) mass is 542 g/mol. The molecule has 0 aliphatic carbocycles. The number of nitrogens with one attached hydrogen (secondary N) is 2. The molecule has 210 valence electrons. The first-order chi connectivity index (χ1) is 18.3. The zero-order valence-corrected chi connectivity index (χ0v) is 22.9. The van der Waals surface area contributed by atoms with Gasteiger partial charge in [-0.1, -0.05) is 13.8 Å². The van der Waals surface area contributed by atoms with E-state index in [0.29, 0.717) is 28.3 Å². The quantitative estimate of drug-likeness (QED) is 0.297. The zero-order valence-electron chi connectivity index (χ0n) is 22.9. The molecule has 2 atom stereocenters. The maximum absolute atomic E-state index is 13.1. The Labute approximate surface area is 226 Å². The number of methoxy groups -OCH3 is 1. The van der Waals surface area contributed by atoms with Crippen LogP contribution >= 0.6 is 0 Å². The number of nitrogens with zero attached hydrogens (tertiary/aromatic N) is 2. The van der Waals surface area contributed by atoms with Crippen molar-refractivity contribution in [3.63, 3.8) is 0 Å². The Morgan fingerprint density at radius 2 is 1.64 bits per heavy atom. The Balaban J connectivity index is 2.13. The molecular formula is C27H34N4O8. The summed E-state index contributed by atoms with van der Waals surface area (Å²) in [6.07, 6.45) is -0.864. The molecule has 0 radical (unpaired) electrons. The number of benzene rings is 1. The molecule has 2 amide bonds. The molecule has 12 heteroatoms. The van der Waals surface area contributed by atoms with E-state index in [1.807, 2.05) is 0 Å². The molecule has 1 unspecified atom stereocenters. The first-order valence-corrected chi connectivity index (χ1v) is 12.3. The second kappa shape index (κ2) is 14.0. The van der Waals surface area contributed by atoms with Crippen LogP contribution in [0.15, 0.2) is 24.3 Å². The topological polar surface area (TPSA) is 174 Å². The minimum absolute atomic E-state index is 0.0437. The summed E-state index contributed by atoms with van der Waals surface area (Å²) >= 11 is 0. The lowest BCUT2D eigenvalue weighted by atomic mass is 10.0. The van der Waals surface area contributed by atoms with Crippen LogP contribution in [0.2, 0.25) is 0 Å². The van der Waals surface area contributed by atoms with Crippen molar-refractivity contribution < 1.29 is 38.6 Å². The Morgan fingerprint density at radius 3 is 2.18 bits per heavy atom. The van der Waals surface area contributed by atoms with Gasteiger partial charge in [0.15, 0.2) is 18.2 Å². The summed E-state index contributed by atoms with van der Waals surface area (Å²) in [4.78, 5) is 70.0. The van der Waals surface area contributed by atoms with Crippen molar-refractivity contribution in [3.8, 4) is 11.8 Å². The van der Waals surface area contributed by atoms with Gasteiger partial charge in [-0.15, -0.1) is 0 Å². The maximum atomic E-state index is 13.1. The van der Waals surface area contributed by atoms with Gasteiger partial charge in [0.2, 0.25) is 11.8 Å². The summed E-state index contributed by atoms with van der Waals surface area (Å²) in [6, 6.07) is 3.91. The summed E-state index contributed by atoms with van der Waals surface area (Å²) < 4.78 is 10.6. The van der Waals surface area contributed by atoms with E-state index in [1.54, 1.807) is 52.0 Å². The molecule has 0 fully saturated rings. The number of aromatic nitrogens is 2. The first-order valence-electron chi connectivity index (χ1n) is 12.3. The van der Waals surface area contributed by atoms with Gasteiger partial charge < -0.3 is 25.2 Å². The lowest BCUT2D eigenvalue weighted by Gasteiger charge is -2.24. The van der Waals surface area contributed by atoms with Crippen LogP contribution in [0.5, 0.6) is 11.8 Å². The minimum Gasteiger partial charge on any atom is -0.496 e. The van der Waals surface area contributed by atoms with Gasteiger partial charge in [0.1, 0.15) is 17.8 Å². The number of carbonyl (C=O) groups excluding carboxylic acids is 4.